The highest BCUT2D eigenvalue weighted by atomic mass is 32.2. The number of unbranched alkanes of at least 4 members (excludes halogenated alkanes) is 3. The number of aromatic nitrogens is 2. The van der Waals surface area contributed by atoms with E-state index in [1.807, 2.05) is 0 Å². The van der Waals surface area contributed by atoms with Crippen LogP contribution >= 0.6 is 11.8 Å². The summed E-state index contributed by atoms with van der Waals surface area (Å²) < 4.78 is 15.1. The van der Waals surface area contributed by atoms with Gasteiger partial charge < -0.3 is 5.32 Å². The van der Waals surface area contributed by atoms with Gasteiger partial charge in [-0.3, -0.25) is 19.4 Å². The monoisotopic (exact) mass is 391 g/mol. The minimum absolute atomic E-state index is 0.0792. The summed E-state index contributed by atoms with van der Waals surface area (Å²) in [5, 5.41) is 5.51. The number of thioether (sulfide) groups is 1. The fourth-order valence-corrected chi connectivity index (χ4v) is 4.60. The fourth-order valence-electron chi connectivity index (χ4n) is 3.47. The molecule has 1 aliphatic rings. The molecule has 0 spiro atoms. The van der Waals surface area contributed by atoms with Gasteiger partial charge in [0.1, 0.15) is 11.6 Å². The van der Waals surface area contributed by atoms with Crippen molar-refractivity contribution in [2.24, 2.45) is 0 Å². The second-order valence-corrected chi connectivity index (χ2v) is 8.16. The van der Waals surface area contributed by atoms with Crippen molar-refractivity contribution in [2.45, 2.75) is 57.2 Å². The zero-order chi connectivity index (χ0) is 19.4. The Hall–Kier alpha value is -2.02. The summed E-state index contributed by atoms with van der Waals surface area (Å²) in [5.41, 5.74) is 1.16. The van der Waals surface area contributed by atoms with Gasteiger partial charge in [-0.05, 0) is 31.0 Å². The van der Waals surface area contributed by atoms with Crippen LogP contribution in [0, 0.1) is 5.82 Å². The zero-order valence-electron chi connectivity index (χ0n) is 15.8. The highest BCUT2D eigenvalue weighted by Gasteiger charge is 2.31. The number of hydrogen-bond acceptors (Lipinski definition) is 3. The van der Waals surface area contributed by atoms with Crippen molar-refractivity contribution in [1.29, 1.82) is 0 Å². The SMILES string of the molecule is CCCCCC[C@@H](C)n1[nH]c(=O)c2c1NC(=O)CS[C@H]2c1ccc(F)cc1. The van der Waals surface area contributed by atoms with E-state index < -0.39 is 0 Å². The molecular formula is C20H26FN3O2S. The first-order chi connectivity index (χ1) is 13.0. The number of nitrogens with one attached hydrogen (secondary N) is 2. The van der Waals surface area contributed by atoms with Crippen molar-refractivity contribution in [1.82, 2.24) is 9.78 Å². The molecule has 7 heteroatoms. The lowest BCUT2D eigenvalue weighted by molar-refractivity contribution is -0.113. The lowest BCUT2D eigenvalue weighted by atomic mass is 10.1. The van der Waals surface area contributed by atoms with E-state index in [4.69, 9.17) is 0 Å². The summed E-state index contributed by atoms with van der Waals surface area (Å²) >= 11 is 1.39. The van der Waals surface area contributed by atoms with Crippen LogP contribution in [0.25, 0.3) is 0 Å². The topological polar surface area (TPSA) is 66.9 Å². The van der Waals surface area contributed by atoms with Crippen LogP contribution < -0.4 is 10.9 Å². The molecule has 0 aliphatic carbocycles. The summed E-state index contributed by atoms with van der Waals surface area (Å²) in [6, 6.07) is 6.21. The van der Waals surface area contributed by atoms with E-state index >= 15 is 0 Å². The van der Waals surface area contributed by atoms with Crippen LogP contribution in [0.2, 0.25) is 0 Å². The third kappa shape index (κ3) is 4.46. The van der Waals surface area contributed by atoms with Gasteiger partial charge in [-0.15, -0.1) is 11.8 Å². The van der Waals surface area contributed by atoms with Gasteiger partial charge in [0, 0.05) is 6.04 Å². The smallest absolute Gasteiger partial charge is 0.270 e. The molecule has 0 saturated carbocycles. The lowest BCUT2D eigenvalue weighted by Gasteiger charge is -2.18. The Kier molecular flexibility index (Phi) is 6.42. The van der Waals surface area contributed by atoms with E-state index in [1.54, 1.807) is 16.8 Å². The number of H-pyrrole nitrogens is 1. The molecule has 2 aromatic rings. The third-order valence-corrected chi connectivity index (χ3v) is 6.22. The Morgan fingerprint density at radius 2 is 1.96 bits per heavy atom. The third-order valence-electron chi connectivity index (χ3n) is 4.95. The number of hydrogen-bond donors (Lipinski definition) is 2. The Morgan fingerprint density at radius 1 is 1.22 bits per heavy atom. The largest absolute Gasteiger partial charge is 0.310 e. The molecule has 0 saturated heterocycles. The number of anilines is 1. The van der Waals surface area contributed by atoms with Crippen molar-refractivity contribution < 1.29 is 9.18 Å². The van der Waals surface area contributed by atoms with Crippen molar-refractivity contribution in [2.75, 3.05) is 11.1 Å². The highest BCUT2D eigenvalue weighted by molar-refractivity contribution is 8.00. The molecule has 5 nitrogen and oxygen atoms in total. The van der Waals surface area contributed by atoms with Crippen molar-refractivity contribution in [3.63, 3.8) is 0 Å². The summed E-state index contributed by atoms with van der Waals surface area (Å²) in [6.07, 6.45) is 5.55. The van der Waals surface area contributed by atoms with Gasteiger partial charge in [0.05, 0.1) is 16.6 Å². The van der Waals surface area contributed by atoms with Gasteiger partial charge in [-0.1, -0.05) is 44.7 Å². The molecule has 0 bridgehead atoms. The van der Waals surface area contributed by atoms with Crippen LogP contribution in [-0.2, 0) is 4.79 Å². The molecule has 1 amide bonds. The number of benzene rings is 1. The molecule has 1 aliphatic heterocycles. The number of rotatable bonds is 7. The number of aromatic amines is 1. The average molecular weight is 392 g/mol. The van der Waals surface area contributed by atoms with Crippen LogP contribution in [0.4, 0.5) is 10.2 Å². The normalized spacial score (nSPS) is 17.9. The minimum atomic E-state index is -0.320. The second-order valence-electron chi connectivity index (χ2n) is 7.06. The van der Waals surface area contributed by atoms with E-state index in [-0.39, 0.29) is 34.3 Å². The number of carbonyl (C=O) groups is 1. The fraction of sp³-hybridized carbons (Fsp3) is 0.500. The first kappa shape index (κ1) is 19.7. The molecule has 27 heavy (non-hydrogen) atoms. The number of nitrogens with zero attached hydrogens (tertiary/aromatic N) is 1. The molecular weight excluding hydrogens is 365 g/mol. The maximum Gasteiger partial charge on any atom is 0.270 e. The van der Waals surface area contributed by atoms with Crippen LogP contribution in [0.5, 0.6) is 0 Å². The van der Waals surface area contributed by atoms with Crippen LogP contribution in [-0.4, -0.2) is 21.4 Å². The first-order valence-electron chi connectivity index (χ1n) is 9.52. The molecule has 2 N–H and O–H groups in total. The molecule has 0 fully saturated rings. The maximum absolute atomic E-state index is 13.3. The van der Waals surface area contributed by atoms with Gasteiger partial charge in [-0.2, -0.15) is 0 Å². The molecule has 2 atom stereocenters. The maximum atomic E-state index is 13.3. The number of carbonyl (C=O) groups excluding carboxylic acids is 1. The Bertz CT molecular complexity index is 844. The van der Waals surface area contributed by atoms with Gasteiger partial charge in [0.15, 0.2) is 0 Å². The Morgan fingerprint density at radius 3 is 2.67 bits per heavy atom. The van der Waals surface area contributed by atoms with E-state index in [9.17, 15) is 14.0 Å². The van der Waals surface area contributed by atoms with Crippen molar-refractivity contribution >= 4 is 23.5 Å². The average Bonchev–Trinajstić information content (AvgIpc) is 2.85. The summed E-state index contributed by atoms with van der Waals surface area (Å²) in [5.74, 6) is 0.351. The van der Waals surface area contributed by atoms with E-state index in [1.165, 1.54) is 36.7 Å². The molecule has 1 aromatic carbocycles. The van der Waals surface area contributed by atoms with E-state index in [0.29, 0.717) is 11.4 Å². The summed E-state index contributed by atoms with van der Waals surface area (Å²) in [6.45, 7) is 4.23. The van der Waals surface area contributed by atoms with Gasteiger partial charge in [0.25, 0.3) is 5.56 Å². The number of amides is 1. The van der Waals surface area contributed by atoms with E-state index in [0.717, 1.165) is 24.8 Å². The molecule has 0 radical (unpaired) electrons. The lowest BCUT2D eigenvalue weighted by Crippen LogP contribution is -2.18. The van der Waals surface area contributed by atoms with Crippen LogP contribution in [0.3, 0.4) is 0 Å². The first-order valence-corrected chi connectivity index (χ1v) is 10.6. The Labute approximate surface area is 162 Å². The number of fused-ring (bicyclic) bond motifs is 1. The minimum Gasteiger partial charge on any atom is -0.310 e. The quantitative estimate of drug-likeness (QED) is 0.677. The number of halogens is 1. The molecule has 2 heterocycles. The van der Waals surface area contributed by atoms with Gasteiger partial charge >= 0.3 is 0 Å². The summed E-state index contributed by atoms with van der Waals surface area (Å²) in [4.78, 5) is 25.0. The van der Waals surface area contributed by atoms with Crippen LogP contribution in [0.15, 0.2) is 29.1 Å². The standard InChI is InChI=1S/C20H26FN3O2S/c1-3-4-5-6-7-13(2)24-19-17(20(26)23-24)18(27-12-16(25)22-19)14-8-10-15(21)11-9-14/h8-11,13,18H,3-7,12H2,1-2H3,(H,22,25)(H,23,26)/t13-,18+/m1/s1. The van der Waals surface area contributed by atoms with Crippen LogP contribution in [0.1, 0.15) is 68.4 Å². The van der Waals surface area contributed by atoms with Crippen molar-refractivity contribution in [3.8, 4) is 0 Å². The highest BCUT2D eigenvalue weighted by Crippen LogP contribution is 2.40. The van der Waals surface area contributed by atoms with Gasteiger partial charge in [-0.25, -0.2) is 4.39 Å². The summed E-state index contributed by atoms with van der Waals surface area (Å²) in [7, 11) is 0. The zero-order valence-corrected chi connectivity index (χ0v) is 16.6. The molecule has 146 valence electrons. The Balaban J connectivity index is 1.94. The van der Waals surface area contributed by atoms with Gasteiger partial charge in [0.2, 0.25) is 5.91 Å². The predicted molar refractivity (Wildman–Crippen MR) is 108 cm³/mol. The second kappa shape index (κ2) is 8.78. The molecule has 0 unspecified atom stereocenters. The van der Waals surface area contributed by atoms with E-state index in [2.05, 4.69) is 24.3 Å². The molecule has 1 aromatic heterocycles. The predicted octanol–water partition coefficient (Wildman–Crippen LogP) is 4.62. The molecule has 3 rings (SSSR count). The van der Waals surface area contributed by atoms with Crippen molar-refractivity contribution in [3.05, 3.63) is 51.6 Å².